The van der Waals surface area contributed by atoms with Gasteiger partial charge in [-0.2, -0.15) is 0 Å². The Labute approximate surface area is 262 Å². The molecule has 0 heterocycles. The second kappa shape index (κ2) is 8.13. The third kappa shape index (κ3) is 2.98. The van der Waals surface area contributed by atoms with E-state index in [1.54, 1.807) is 0 Å². The Morgan fingerprint density at radius 3 is 1.21 bits per heavy atom. The molecule has 2 aliphatic rings. The molecule has 0 saturated carbocycles. The fourth-order valence-corrected chi connectivity index (χ4v) is 9.43. The molecule has 0 amide bonds. The Morgan fingerprint density at radius 2 is 0.786 bits per heavy atom. The van der Waals surface area contributed by atoms with Gasteiger partial charge in [-0.05, 0) is 144 Å². The second-order valence-electron chi connectivity index (χ2n) is 13.2. The van der Waals surface area contributed by atoms with Crippen molar-refractivity contribution in [3.8, 4) is 22.3 Å². The van der Waals surface area contributed by atoms with E-state index in [0.29, 0.717) is 0 Å². The first-order chi connectivity index (χ1) is 20.2. The summed E-state index contributed by atoms with van der Waals surface area (Å²) in [5.41, 5.74) is 10.9. The molecule has 7 aromatic carbocycles. The van der Waals surface area contributed by atoms with Crippen LogP contribution in [0.3, 0.4) is 0 Å². The topological polar surface area (TPSA) is 0 Å². The Kier molecular flexibility index (Phi) is 4.85. The van der Waals surface area contributed by atoms with Gasteiger partial charge >= 0.3 is 0 Å². The van der Waals surface area contributed by atoms with Crippen molar-refractivity contribution in [3.05, 3.63) is 128 Å². The molecule has 0 atom stereocenters. The maximum absolute atomic E-state index is 4.14. The van der Waals surface area contributed by atoms with Crippen LogP contribution in [0.5, 0.6) is 0 Å². The first-order valence-electron chi connectivity index (χ1n) is 14.7. The van der Waals surface area contributed by atoms with Crippen LogP contribution < -0.4 is 0 Å². The van der Waals surface area contributed by atoms with Crippen LogP contribution in [0.2, 0.25) is 0 Å². The van der Waals surface area contributed by atoms with E-state index in [4.69, 9.17) is 0 Å². The summed E-state index contributed by atoms with van der Waals surface area (Å²) in [6.45, 7) is 9.50. The van der Waals surface area contributed by atoms with Gasteiger partial charge in [-0.25, -0.2) is 0 Å². The van der Waals surface area contributed by atoms with Crippen molar-refractivity contribution >= 4 is 74.9 Å². The van der Waals surface area contributed by atoms with Crippen molar-refractivity contribution < 1.29 is 0 Å². The van der Waals surface area contributed by atoms with Crippen LogP contribution in [0, 0.1) is 0 Å². The molecule has 0 N–H and O–H groups in total. The monoisotopic (exact) mass is 666 g/mol. The molecular formula is C40H28Br2. The third-order valence-corrected chi connectivity index (χ3v) is 12.1. The molecule has 0 bridgehead atoms. The highest BCUT2D eigenvalue weighted by Gasteiger charge is 2.39. The Balaban J connectivity index is 1.39. The zero-order valence-electron chi connectivity index (χ0n) is 24.0. The van der Waals surface area contributed by atoms with E-state index in [1.165, 1.54) is 96.5 Å². The number of rotatable bonds is 0. The Hall–Kier alpha value is -3.46. The van der Waals surface area contributed by atoms with Crippen LogP contribution in [0.4, 0.5) is 0 Å². The van der Waals surface area contributed by atoms with Crippen LogP contribution in [0.25, 0.3) is 65.3 Å². The molecule has 0 aromatic heterocycles. The van der Waals surface area contributed by atoms with Crippen LogP contribution >= 0.6 is 31.9 Å². The van der Waals surface area contributed by atoms with Gasteiger partial charge in [0, 0.05) is 19.8 Å². The molecule has 0 spiro atoms. The number of halogens is 2. The first-order valence-corrected chi connectivity index (χ1v) is 16.2. The van der Waals surface area contributed by atoms with Crippen LogP contribution in [-0.2, 0) is 10.8 Å². The van der Waals surface area contributed by atoms with E-state index in [0.717, 1.165) is 0 Å². The molecule has 0 nitrogen and oxygen atoms in total. The van der Waals surface area contributed by atoms with Gasteiger partial charge in [0.05, 0.1) is 0 Å². The Morgan fingerprint density at radius 1 is 0.405 bits per heavy atom. The van der Waals surface area contributed by atoms with Crippen molar-refractivity contribution in [1.82, 2.24) is 0 Å². The van der Waals surface area contributed by atoms with Gasteiger partial charge in [-0.3, -0.25) is 0 Å². The molecule has 0 unspecified atom stereocenters. The minimum Gasteiger partial charge on any atom is -0.0616 e. The molecule has 202 valence electrons. The molecule has 0 saturated heterocycles. The number of fused-ring (bicyclic) bond motifs is 12. The van der Waals surface area contributed by atoms with E-state index in [-0.39, 0.29) is 10.8 Å². The smallest absolute Gasteiger partial charge is 0.0333 e. The van der Waals surface area contributed by atoms with Gasteiger partial charge in [0.25, 0.3) is 0 Å². The molecule has 9 rings (SSSR count). The lowest BCUT2D eigenvalue weighted by Gasteiger charge is -2.23. The summed E-state index contributed by atoms with van der Waals surface area (Å²) in [5, 5.41) is 10.3. The summed E-state index contributed by atoms with van der Waals surface area (Å²) < 4.78 is 2.34. The van der Waals surface area contributed by atoms with Crippen molar-refractivity contribution in [2.75, 3.05) is 0 Å². The second-order valence-corrected chi connectivity index (χ2v) is 14.8. The van der Waals surface area contributed by atoms with Gasteiger partial charge in [0.1, 0.15) is 0 Å². The zero-order valence-corrected chi connectivity index (χ0v) is 27.2. The van der Waals surface area contributed by atoms with Gasteiger partial charge < -0.3 is 0 Å². The summed E-state index contributed by atoms with van der Waals surface area (Å²) in [5.74, 6) is 0. The molecule has 2 heteroatoms. The highest BCUT2D eigenvalue weighted by molar-refractivity contribution is 9.11. The quantitative estimate of drug-likeness (QED) is 0.141. The SMILES string of the molecule is CC1(C)c2cc3c(Br)c4cc5c(cc4c(Br)c3cc2-c2c1ccc1ccccc21)C(C)(C)c1ccc2ccccc2c1-5. The average Bonchev–Trinajstić information content (AvgIpc) is 3.37. The van der Waals surface area contributed by atoms with E-state index >= 15 is 0 Å². The standard InChI is InChI=1S/C40H28Br2/c1-39(2)31-15-13-21-9-5-7-11-23(21)35(31)29-17-25-27(19-33(29)39)37(41)26-18-30-34(20-28(26)38(25)42)40(3,4)32-16-14-22-10-6-8-12-24(22)36(30)32/h5-20H,1-4H3. The fourth-order valence-electron chi connectivity index (χ4n) is 8.12. The number of hydrogen-bond acceptors (Lipinski definition) is 0. The van der Waals surface area contributed by atoms with Gasteiger partial charge in [-0.15, -0.1) is 0 Å². The Bertz CT molecular complexity index is 2200. The molecule has 0 radical (unpaired) electrons. The van der Waals surface area contributed by atoms with Gasteiger partial charge in [-0.1, -0.05) is 100 Å². The highest BCUT2D eigenvalue weighted by atomic mass is 79.9. The van der Waals surface area contributed by atoms with Crippen molar-refractivity contribution in [1.29, 1.82) is 0 Å². The van der Waals surface area contributed by atoms with Gasteiger partial charge in [0.2, 0.25) is 0 Å². The molecule has 0 fully saturated rings. The normalized spacial score (nSPS) is 15.8. The predicted octanol–water partition coefficient (Wildman–Crippen LogP) is 12.4. The predicted molar refractivity (Wildman–Crippen MR) is 187 cm³/mol. The van der Waals surface area contributed by atoms with E-state index in [9.17, 15) is 0 Å². The lowest BCUT2D eigenvalue weighted by atomic mass is 9.81. The van der Waals surface area contributed by atoms with Crippen LogP contribution in [0.1, 0.15) is 49.9 Å². The van der Waals surface area contributed by atoms with E-state index in [1.807, 2.05) is 0 Å². The van der Waals surface area contributed by atoms with Crippen LogP contribution in [-0.4, -0.2) is 0 Å². The minimum atomic E-state index is -0.0798. The minimum absolute atomic E-state index is 0.0798. The molecule has 42 heavy (non-hydrogen) atoms. The number of hydrogen-bond donors (Lipinski definition) is 0. The lowest BCUT2D eigenvalue weighted by Crippen LogP contribution is -2.15. The molecular weight excluding hydrogens is 640 g/mol. The van der Waals surface area contributed by atoms with E-state index < -0.39 is 0 Å². The number of benzene rings is 7. The van der Waals surface area contributed by atoms with Crippen LogP contribution in [0.15, 0.2) is 106 Å². The van der Waals surface area contributed by atoms with Crippen molar-refractivity contribution in [2.24, 2.45) is 0 Å². The highest BCUT2D eigenvalue weighted by Crippen LogP contribution is 2.56. The summed E-state index contributed by atoms with van der Waals surface area (Å²) in [7, 11) is 0. The summed E-state index contributed by atoms with van der Waals surface area (Å²) >= 11 is 8.29. The van der Waals surface area contributed by atoms with E-state index in [2.05, 4.69) is 157 Å². The average molecular weight is 668 g/mol. The molecule has 0 aliphatic heterocycles. The zero-order chi connectivity index (χ0) is 28.7. The van der Waals surface area contributed by atoms with Crippen molar-refractivity contribution in [2.45, 2.75) is 38.5 Å². The summed E-state index contributed by atoms with van der Waals surface area (Å²) in [6, 6.07) is 36.7. The first kappa shape index (κ1) is 25.1. The summed E-state index contributed by atoms with van der Waals surface area (Å²) in [6.07, 6.45) is 0. The molecule has 2 aliphatic carbocycles. The third-order valence-electron chi connectivity index (χ3n) is 10.4. The largest absolute Gasteiger partial charge is 0.0616 e. The molecule has 7 aromatic rings. The maximum atomic E-state index is 4.14. The summed E-state index contributed by atoms with van der Waals surface area (Å²) in [4.78, 5) is 0. The van der Waals surface area contributed by atoms with Gasteiger partial charge in [0.15, 0.2) is 0 Å². The van der Waals surface area contributed by atoms with Crippen molar-refractivity contribution in [3.63, 3.8) is 0 Å². The maximum Gasteiger partial charge on any atom is 0.0333 e. The lowest BCUT2D eigenvalue weighted by molar-refractivity contribution is 0.661. The fraction of sp³-hybridized carbons (Fsp3) is 0.150.